The number of nitrogens with zero attached hydrogens (tertiary/aromatic N) is 3. The monoisotopic (exact) mass is 427 g/mol. The van der Waals surface area contributed by atoms with Crippen LogP contribution in [-0.4, -0.2) is 63.9 Å². The van der Waals surface area contributed by atoms with E-state index in [9.17, 15) is 14.7 Å². The van der Waals surface area contributed by atoms with Gasteiger partial charge in [-0.3, -0.25) is 9.59 Å². The van der Waals surface area contributed by atoms with E-state index in [0.717, 1.165) is 50.2 Å². The van der Waals surface area contributed by atoms with Gasteiger partial charge in [0.1, 0.15) is 5.82 Å². The van der Waals surface area contributed by atoms with Gasteiger partial charge in [0.05, 0.1) is 17.3 Å². The number of carbonyl (C=O) groups excluding carboxylic acids is 2. The highest BCUT2D eigenvalue weighted by molar-refractivity contribution is 6.39. The summed E-state index contributed by atoms with van der Waals surface area (Å²) in [7, 11) is 0. The Labute approximate surface area is 183 Å². The second kappa shape index (κ2) is 10.1. The molecule has 1 aliphatic rings. The van der Waals surface area contributed by atoms with Crippen LogP contribution < -0.4 is 10.6 Å². The van der Waals surface area contributed by atoms with Gasteiger partial charge in [0.25, 0.3) is 0 Å². The molecule has 0 bridgehead atoms. The van der Waals surface area contributed by atoms with Crippen molar-refractivity contribution in [1.82, 2.24) is 20.0 Å². The Morgan fingerprint density at radius 1 is 1.13 bits per heavy atom. The molecule has 2 aromatic rings. The fourth-order valence-electron chi connectivity index (χ4n) is 3.63. The van der Waals surface area contributed by atoms with E-state index in [0.29, 0.717) is 12.4 Å². The number of aromatic nitrogens is 2. The van der Waals surface area contributed by atoms with Crippen LogP contribution in [0.5, 0.6) is 0 Å². The molecule has 0 atom stereocenters. The number of nitrogens with one attached hydrogen (secondary N) is 2. The second-order valence-electron chi connectivity index (χ2n) is 9.00. The van der Waals surface area contributed by atoms with Crippen molar-refractivity contribution in [3.63, 3.8) is 0 Å². The fourth-order valence-corrected chi connectivity index (χ4v) is 3.63. The topological polar surface area (TPSA) is 99.5 Å². The summed E-state index contributed by atoms with van der Waals surface area (Å²) in [6.45, 7) is 8.98. The smallest absolute Gasteiger partial charge is 0.314 e. The fraction of sp³-hybridized carbons (Fsp3) is 0.522. The van der Waals surface area contributed by atoms with Crippen molar-refractivity contribution in [2.45, 2.75) is 51.7 Å². The van der Waals surface area contributed by atoms with Crippen molar-refractivity contribution in [1.29, 1.82) is 0 Å². The zero-order chi connectivity index (χ0) is 22.4. The molecular formula is C23H33N5O3. The molecule has 0 unspecified atom stereocenters. The number of carbonyl (C=O) groups is 2. The Balaban J connectivity index is 1.55. The van der Waals surface area contributed by atoms with Gasteiger partial charge < -0.3 is 20.6 Å². The Bertz CT molecular complexity index is 880. The maximum absolute atomic E-state index is 12.5. The highest BCUT2D eigenvalue weighted by Gasteiger charge is 2.23. The summed E-state index contributed by atoms with van der Waals surface area (Å²) in [4.78, 5) is 27.0. The van der Waals surface area contributed by atoms with Gasteiger partial charge in [-0.05, 0) is 46.6 Å². The first-order valence-electron chi connectivity index (χ1n) is 10.9. The van der Waals surface area contributed by atoms with E-state index in [1.54, 1.807) is 10.7 Å². The van der Waals surface area contributed by atoms with Gasteiger partial charge in [-0.25, -0.2) is 4.68 Å². The molecule has 2 heterocycles. The van der Waals surface area contributed by atoms with Crippen molar-refractivity contribution < 1.29 is 14.7 Å². The Hall–Kier alpha value is -2.71. The van der Waals surface area contributed by atoms with Gasteiger partial charge in [-0.2, -0.15) is 5.10 Å². The summed E-state index contributed by atoms with van der Waals surface area (Å²) in [5.41, 5.74) is 1.31. The molecule has 2 amide bonds. The number of amides is 2. The molecule has 0 saturated carbocycles. The van der Waals surface area contributed by atoms with Gasteiger partial charge in [0, 0.05) is 31.3 Å². The van der Waals surface area contributed by atoms with E-state index in [-0.39, 0.29) is 11.6 Å². The molecule has 0 radical (unpaired) electrons. The zero-order valence-electron chi connectivity index (χ0n) is 18.6. The maximum Gasteiger partial charge on any atom is 0.314 e. The van der Waals surface area contributed by atoms with Gasteiger partial charge in [0.15, 0.2) is 0 Å². The number of aliphatic hydroxyl groups excluding tert-OH is 1. The summed E-state index contributed by atoms with van der Waals surface area (Å²) in [6.07, 6.45) is 2.15. The van der Waals surface area contributed by atoms with Crippen LogP contribution in [0.15, 0.2) is 36.4 Å². The molecule has 8 nitrogen and oxygen atoms in total. The first-order valence-corrected chi connectivity index (χ1v) is 10.9. The van der Waals surface area contributed by atoms with E-state index in [1.165, 1.54) is 0 Å². The Morgan fingerprint density at radius 3 is 2.45 bits per heavy atom. The van der Waals surface area contributed by atoms with Crippen molar-refractivity contribution >= 4 is 17.6 Å². The number of aliphatic hydroxyl groups is 1. The van der Waals surface area contributed by atoms with Crippen LogP contribution in [0.1, 0.15) is 40.0 Å². The number of piperidine rings is 1. The predicted molar refractivity (Wildman–Crippen MR) is 121 cm³/mol. The van der Waals surface area contributed by atoms with Crippen molar-refractivity contribution in [3.05, 3.63) is 36.4 Å². The standard InChI is InChI=1S/C23H33N5O3/c1-23(2,3)28-20(16-19(26-28)17-8-5-4-6-9-17)25-22(31)21(30)24-12-7-13-27-14-10-18(29)11-15-27/h4-6,8-9,16,18,29H,7,10-15H2,1-3H3,(H,24,30)(H,25,31). The number of anilines is 1. The quantitative estimate of drug-likeness (QED) is 0.485. The van der Waals surface area contributed by atoms with E-state index < -0.39 is 11.8 Å². The minimum atomic E-state index is -0.703. The summed E-state index contributed by atoms with van der Waals surface area (Å²) >= 11 is 0. The molecule has 1 aromatic heterocycles. The van der Waals surface area contributed by atoms with Crippen LogP contribution in [0.4, 0.5) is 5.82 Å². The molecule has 3 N–H and O–H groups in total. The molecule has 1 fully saturated rings. The van der Waals surface area contributed by atoms with E-state index in [4.69, 9.17) is 0 Å². The predicted octanol–water partition coefficient (Wildman–Crippen LogP) is 2.21. The minimum Gasteiger partial charge on any atom is -0.393 e. The molecule has 8 heteroatoms. The lowest BCUT2D eigenvalue weighted by atomic mass is 10.1. The Kier molecular flexibility index (Phi) is 7.46. The van der Waals surface area contributed by atoms with Crippen LogP contribution in [0.2, 0.25) is 0 Å². The molecular weight excluding hydrogens is 394 g/mol. The highest BCUT2D eigenvalue weighted by Crippen LogP contribution is 2.27. The van der Waals surface area contributed by atoms with Gasteiger partial charge in [-0.1, -0.05) is 30.3 Å². The molecule has 31 heavy (non-hydrogen) atoms. The lowest BCUT2D eigenvalue weighted by Crippen LogP contribution is -2.40. The molecule has 0 spiro atoms. The number of hydrogen-bond acceptors (Lipinski definition) is 5. The van der Waals surface area contributed by atoms with Crippen LogP contribution in [0.25, 0.3) is 11.3 Å². The average molecular weight is 428 g/mol. The number of likely N-dealkylation sites (tertiary alicyclic amines) is 1. The van der Waals surface area contributed by atoms with Crippen molar-refractivity contribution in [3.8, 4) is 11.3 Å². The van der Waals surface area contributed by atoms with Crippen molar-refractivity contribution in [2.24, 2.45) is 0 Å². The molecule has 168 valence electrons. The summed E-state index contributed by atoms with van der Waals surface area (Å²) < 4.78 is 1.73. The average Bonchev–Trinajstić information content (AvgIpc) is 3.17. The number of benzene rings is 1. The van der Waals surface area contributed by atoms with Gasteiger partial charge >= 0.3 is 11.8 Å². The zero-order valence-corrected chi connectivity index (χ0v) is 18.6. The highest BCUT2D eigenvalue weighted by atomic mass is 16.3. The third-order valence-electron chi connectivity index (χ3n) is 5.36. The SMILES string of the molecule is CC(C)(C)n1nc(-c2ccccc2)cc1NC(=O)C(=O)NCCCN1CCC(O)CC1. The Morgan fingerprint density at radius 2 is 1.81 bits per heavy atom. The van der Waals surface area contributed by atoms with E-state index >= 15 is 0 Å². The summed E-state index contributed by atoms with van der Waals surface area (Å²) in [6, 6.07) is 11.5. The second-order valence-corrected chi connectivity index (χ2v) is 9.00. The summed E-state index contributed by atoms with van der Waals surface area (Å²) in [5.74, 6) is -0.874. The van der Waals surface area contributed by atoms with E-state index in [2.05, 4.69) is 20.6 Å². The normalized spacial score (nSPS) is 15.6. The van der Waals surface area contributed by atoms with Crippen LogP contribution in [0.3, 0.4) is 0 Å². The molecule has 3 rings (SSSR count). The van der Waals surface area contributed by atoms with Gasteiger partial charge in [-0.15, -0.1) is 0 Å². The lowest BCUT2D eigenvalue weighted by Gasteiger charge is -2.29. The van der Waals surface area contributed by atoms with Crippen LogP contribution in [-0.2, 0) is 15.1 Å². The van der Waals surface area contributed by atoms with Crippen LogP contribution in [0, 0.1) is 0 Å². The maximum atomic E-state index is 12.5. The first kappa shape index (κ1) is 23.0. The molecule has 1 aromatic carbocycles. The molecule has 1 saturated heterocycles. The van der Waals surface area contributed by atoms with Crippen LogP contribution >= 0.6 is 0 Å². The third kappa shape index (κ3) is 6.38. The minimum absolute atomic E-state index is 0.191. The van der Waals surface area contributed by atoms with Gasteiger partial charge in [0.2, 0.25) is 0 Å². The first-order chi connectivity index (χ1) is 14.7. The molecule has 1 aliphatic heterocycles. The molecule has 0 aliphatic carbocycles. The van der Waals surface area contributed by atoms with Crippen molar-refractivity contribution in [2.75, 3.05) is 31.5 Å². The lowest BCUT2D eigenvalue weighted by molar-refractivity contribution is -0.136. The van der Waals surface area contributed by atoms with E-state index in [1.807, 2.05) is 51.1 Å². The number of rotatable bonds is 6. The third-order valence-corrected chi connectivity index (χ3v) is 5.36. The largest absolute Gasteiger partial charge is 0.393 e. The number of hydrogen-bond donors (Lipinski definition) is 3. The summed E-state index contributed by atoms with van der Waals surface area (Å²) in [5, 5.41) is 19.6.